The van der Waals surface area contributed by atoms with Crippen molar-refractivity contribution in [1.29, 1.82) is 0 Å². The molecule has 0 radical (unpaired) electrons. The van der Waals surface area contributed by atoms with Crippen LogP contribution in [0.15, 0.2) is 22.3 Å². The third-order valence-corrected chi connectivity index (χ3v) is 3.32. The minimum absolute atomic E-state index is 0.112. The molecule has 1 rings (SSSR count). The number of methoxy groups -OCH3 is 1. The fraction of sp³-hybridized carbons (Fsp3) is 0.615. The maximum absolute atomic E-state index is 10.9. The number of epoxide rings is 1. The van der Waals surface area contributed by atoms with E-state index in [2.05, 4.69) is 44.4 Å². The summed E-state index contributed by atoms with van der Waals surface area (Å²) in [6.45, 7) is 2.25. The summed E-state index contributed by atoms with van der Waals surface area (Å²) >= 11 is 2.24. The molecule has 4 heteroatoms. The summed E-state index contributed by atoms with van der Waals surface area (Å²) in [5.41, 5.74) is 0. The highest BCUT2D eigenvalue weighted by Crippen LogP contribution is 2.29. The molecule has 0 unspecified atom stereocenters. The van der Waals surface area contributed by atoms with Gasteiger partial charge in [-0.05, 0) is 35.3 Å². The summed E-state index contributed by atoms with van der Waals surface area (Å²) in [4.78, 5) is 10.9. The molecular weight excluding hydrogens is 331 g/mol. The molecule has 0 N–H and O–H groups in total. The minimum Gasteiger partial charge on any atom is -0.466 e. The van der Waals surface area contributed by atoms with Gasteiger partial charge in [-0.3, -0.25) is 0 Å². The number of carbonyl (C=O) groups is 1. The molecular formula is C13H19IO3. The van der Waals surface area contributed by atoms with Gasteiger partial charge in [-0.25, -0.2) is 4.79 Å². The predicted octanol–water partition coefficient (Wildman–Crippen LogP) is 3.24. The van der Waals surface area contributed by atoms with Gasteiger partial charge in [-0.2, -0.15) is 0 Å². The quantitative estimate of drug-likeness (QED) is 0.306. The Morgan fingerprint density at radius 2 is 2.35 bits per heavy atom. The van der Waals surface area contributed by atoms with E-state index in [1.54, 1.807) is 6.08 Å². The van der Waals surface area contributed by atoms with E-state index in [0.29, 0.717) is 12.0 Å². The van der Waals surface area contributed by atoms with E-state index in [-0.39, 0.29) is 12.1 Å². The maximum atomic E-state index is 10.9. The summed E-state index contributed by atoms with van der Waals surface area (Å²) in [5.74, 6) is 0.371. The van der Waals surface area contributed by atoms with E-state index in [4.69, 9.17) is 4.74 Å². The topological polar surface area (TPSA) is 38.8 Å². The van der Waals surface area contributed by atoms with Crippen LogP contribution in [0, 0.1) is 5.92 Å². The van der Waals surface area contributed by atoms with Crippen LogP contribution in [0.1, 0.15) is 26.2 Å². The highest BCUT2D eigenvalue weighted by atomic mass is 127. The number of rotatable bonds is 7. The molecule has 1 saturated heterocycles. The average molecular weight is 350 g/mol. The van der Waals surface area contributed by atoms with E-state index >= 15 is 0 Å². The minimum atomic E-state index is -0.320. The molecule has 96 valence electrons. The van der Waals surface area contributed by atoms with E-state index in [0.717, 1.165) is 19.3 Å². The van der Waals surface area contributed by atoms with Crippen molar-refractivity contribution in [2.24, 2.45) is 5.92 Å². The Kier molecular flexibility index (Phi) is 6.80. The monoisotopic (exact) mass is 350 g/mol. The lowest BCUT2D eigenvalue weighted by Gasteiger charge is -2.05. The van der Waals surface area contributed by atoms with Gasteiger partial charge in [-0.1, -0.05) is 35.6 Å². The maximum Gasteiger partial charge on any atom is 0.330 e. The fourth-order valence-corrected chi connectivity index (χ4v) is 1.94. The van der Waals surface area contributed by atoms with Gasteiger partial charge in [0.05, 0.1) is 13.2 Å². The first-order chi connectivity index (χ1) is 8.17. The number of esters is 1. The van der Waals surface area contributed by atoms with Gasteiger partial charge in [0, 0.05) is 6.08 Å². The Hall–Kier alpha value is -0.360. The second-order valence-corrected chi connectivity index (χ2v) is 5.02. The van der Waals surface area contributed by atoms with Gasteiger partial charge in [0.25, 0.3) is 0 Å². The van der Waals surface area contributed by atoms with E-state index in [9.17, 15) is 4.79 Å². The van der Waals surface area contributed by atoms with Crippen molar-refractivity contribution in [3.8, 4) is 0 Å². The van der Waals surface area contributed by atoms with Crippen LogP contribution in [0.5, 0.6) is 0 Å². The summed E-state index contributed by atoms with van der Waals surface area (Å²) in [5, 5.41) is 0. The van der Waals surface area contributed by atoms with Crippen LogP contribution in [-0.4, -0.2) is 25.3 Å². The van der Waals surface area contributed by atoms with Crippen molar-refractivity contribution in [3.05, 3.63) is 22.3 Å². The number of hydrogen-bond acceptors (Lipinski definition) is 3. The van der Waals surface area contributed by atoms with Crippen molar-refractivity contribution >= 4 is 28.6 Å². The first-order valence-corrected chi connectivity index (χ1v) is 7.08. The van der Waals surface area contributed by atoms with Crippen molar-refractivity contribution in [3.63, 3.8) is 0 Å². The molecule has 0 bridgehead atoms. The van der Waals surface area contributed by atoms with Crippen LogP contribution in [-0.2, 0) is 14.3 Å². The van der Waals surface area contributed by atoms with Gasteiger partial charge >= 0.3 is 5.97 Å². The molecule has 3 nitrogen and oxygen atoms in total. The molecule has 1 fully saturated rings. The third kappa shape index (κ3) is 6.21. The second-order valence-electron chi connectivity index (χ2n) is 4.30. The standard InChI is InChI=1S/C13H19IO3/c1-10(4-3-9-14)5-6-11-12(17-11)7-8-13(15)16-2/h3,7-12H,4-6H2,1-2H3/b8-7+,9-3-/t10-,11+,12+/m0/s1. The number of allylic oxidation sites excluding steroid dienone is 1. The SMILES string of the molecule is COC(=O)/C=C/[C@H]1O[C@@H]1CC[C@@H](C)C/C=C\I. The van der Waals surface area contributed by atoms with E-state index in [1.165, 1.54) is 13.2 Å². The van der Waals surface area contributed by atoms with Gasteiger partial charge in [-0.15, -0.1) is 0 Å². The van der Waals surface area contributed by atoms with E-state index in [1.807, 2.05) is 0 Å². The summed E-state index contributed by atoms with van der Waals surface area (Å²) in [6.07, 6.45) is 9.16. The van der Waals surface area contributed by atoms with Gasteiger partial charge < -0.3 is 9.47 Å². The highest BCUT2D eigenvalue weighted by molar-refractivity contribution is 14.1. The van der Waals surface area contributed by atoms with Gasteiger partial charge in [0.1, 0.15) is 6.10 Å². The summed E-state index contributed by atoms with van der Waals surface area (Å²) in [6, 6.07) is 0. The largest absolute Gasteiger partial charge is 0.466 e. The highest BCUT2D eigenvalue weighted by Gasteiger charge is 2.36. The van der Waals surface area contributed by atoms with Gasteiger partial charge in [0.2, 0.25) is 0 Å². The first-order valence-electron chi connectivity index (χ1n) is 5.84. The molecule has 0 aromatic heterocycles. The number of ether oxygens (including phenoxy) is 2. The zero-order chi connectivity index (χ0) is 12.7. The average Bonchev–Trinajstić information content (AvgIpc) is 3.09. The zero-order valence-corrected chi connectivity index (χ0v) is 12.4. The lowest BCUT2D eigenvalue weighted by molar-refractivity contribution is -0.134. The van der Waals surface area contributed by atoms with Crippen LogP contribution >= 0.6 is 22.6 Å². The molecule has 3 atom stereocenters. The molecule has 0 aliphatic carbocycles. The first kappa shape index (κ1) is 14.7. The van der Waals surface area contributed by atoms with Crippen molar-refractivity contribution in [2.75, 3.05) is 7.11 Å². The Balaban J connectivity index is 2.12. The Morgan fingerprint density at radius 1 is 1.59 bits per heavy atom. The van der Waals surface area contributed by atoms with Crippen molar-refractivity contribution in [1.82, 2.24) is 0 Å². The second kappa shape index (κ2) is 7.87. The van der Waals surface area contributed by atoms with Crippen LogP contribution in [0.25, 0.3) is 0 Å². The molecule has 0 saturated carbocycles. The van der Waals surface area contributed by atoms with Crippen LogP contribution < -0.4 is 0 Å². The van der Waals surface area contributed by atoms with Crippen LogP contribution in [0.3, 0.4) is 0 Å². The van der Waals surface area contributed by atoms with Crippen LogP contribution in [0.4, 0.5) is 0 Å². The fourth-order valence-electron chi connectivity index (χ4n) is 1.65. The Bertz CT molecular complexity index is 299. The lowest BCUT2D eigenvalue weighted by Crippen LogP contribution is -1.99. The van der Waals surface area contributed by atoms with Gasteiger partial charge in [0.15, 0.2) is 0 Å². The molecule has 1 aliphatic rings. The van der Waals surface area contributed by atoms with Crippen LogP contribution in [0.2, 0.25) is 0 Å². The number of halogens is 1. The lowest BCUT2D eigenvalue weighted by atomic mass is 10.00. The molecule has 0 spiro atoms. The van der Waals surface area contributed by atoms with E-state index < -0.39 is 0 Å². The predicted molar refractivity (Wildman–Crippen MR) is 76.0 cm³/mol. The smallest absolute Gasteiger partial charge is 0.330 e. The Morgan fingerprint density at radius 3 is 3.00 bits per heavy atom. The molecule has 1 heterocycles. The number of hydrogen-bond donors (Lipinski definition) is 0. The molecule has 0 aromatic carbocycles. The third-order valence-electron chi connectivity index (χ3n) is 2.82. The molecule has 17 heavy (non-hydrogen) atoms. The molecule has 0 aromatic rings. The molecule has 0 amide bonds. The summed E-state index contributed by atoms with van der Waals surface area (Å²) in [7, 11) is 1.38. The summed E-state index contributed by atoms with van der Waals surface area (Å²) < 4.78 is 12.0. The normalized spacial score (nSPS) is 25.4. The zero-order valence-electron chi connectivity index (χ0n) is 10.3. The number of carbonyl (C=O) groups excluding carboxylic acids is 1. The molecule has 1 aliphatic heterocycles. The van der Waals surface area contributed by atoms with Crippen molar-refractivity contribution < 1.29 is 14.3 Å². The Labute approximate surface area is 116 Å². The van der Waals surface area contributed by atoms with Crippen molar-refractivity contribution in [2.45, 2.75) is 38.4 Å².